The molecule has 1 N–H and O–H groups in total. The predicted octanol–water partition coefficient (Wildman–Crippen LogP) is 6.40. The van der Waals surface area contributed by atoms with Crippen LogP contribution in [-0.2, 0) is 0 Å². The van der Waals surface area contributed by atoms with Crippen molar-refractivity contribution in [1.82, 2.24) is 20.0 Å². The van der Waals surface area contributed by atoms with Crippen molar-refractivity contribution >= 4 is 52.2 Å². The molecule has 0 aliphatic carbocycles. The number of rotatable bonds is 5. The normalized spacial score (nSPS) is 14.0. The van der Waals surface area contributed by atoms with Crippen LogP contribution < -0.4 is 10.1 Å². The lowest BCUT2D eigenvalue weighted by molar-refractivity contribution is 0.173. The van der Waals surface area contributed by atoms with Gasteiger partial charge in [0.05, 0.1) is 25.6 Å². The molecule has 1 aliphatic rings. The quantitative estimate of drug-likeness (QED) is 0.413. The molecule has 0 unspecified atom stereocenters. The Hall–Kier alpha value is -1.93. The van der Waals surface area contributed by atoms with Crippen molar-refractivity contribution in [3.8, 4) is 22.1 Å². The second kappa shape index (κ2) is 9.69. The Labute approximate surface area is 199 Å². The molecule has 3 heterocycles. The van der Waals surface area contributed by atoms with Gasteiger partial charge in [0.25, 0.3) is 0 Å². The number of carbonyl (C=O) groups excluding carboxylic acids is 1. The van der Waals surface area contributed by atoms with E-state index in [0.29, 0.717) is 25.9 Å². The lowest BCUT2D eigenvalue weighted by atomic mass is 10.1. The first kappa shape index (κ1) is 22.3. The van der Waals surface area contributed by atoms with Crippen LogP contribution in [0.1, 0.15) is 24.8 Å². The molecule has 1 saturated heterocycles. The number of aromatic nitrogens is 2. The molecule has 2 amide bonds. The smallest absolute Gasteiger partial charge is 0.320 e. The maximum atomic E-state index is 12.3. The number of nitrogens with one attached hydrogen (secondary N) is 1. The number of halogens is 3. The van der Waals surface area contributed by atoms with E-state index in [1.54, 1.807) is 22.9 Å². The van der Waals surface area contributed by atoms with Gasteiger partial charge in [-0.3, -0.25) is 0 Å². The van der Waals surface area contributed by atoms with Gasteiger partial charge in [-0.15, -0.1) is 16.4 Å². The lowest BCUT2D eigenvalue weighted by Crippen LogP contribution is -2.44. The Bertz CT molecular complexity index is 1090. The van der Waals surface area contributed by atoms with Gasteiger partial charge in [-0.05, 0) is 56.5 Å². The fourth-order valence-corrected chi connectivity index (χ4v) is 5.17. The maximum Gasteiger partial charge on any atom is 0.320 e. The molecule has 1 aromatic carbocycles. The van der Waals surface area contributed by atoms with Crippen molar-refractivity contribution in [1.29, 1.82) is 0 Å². The molecule has 1 aliphatic heterocycles. The third kappa shape index (κ3) is 4.95. The lowest BCUT2D eigenvalue weighted by Gasteiger charge is -2.26. The summed E-state index contributed by atoms with van der Waals surface area (Å²) in [4.78, 5) is 15.1. The molecule has 4 rings (SSSR count). The third-order valence-electron chi connectivity index (χ3n) is 5.10. The third-order valence-corrected chi connectivity index (χ3v) is 6.87. The largest absolute Gasteiger partial charge is 0.455 e. The molecular weight excluding hydrogens is 479 g/mol. The highest BCUT2D eigenvalue weighted by Gasteiger charge is 2.22. The van der Waals surface area contributed by atoms with Crippen LogP contribution in [0.15, 0.2) is 30.3 Å². The molecule has 0 saturated carbocycles. The number of piperidine rings is 1. The van der Waals surface area contributed by atoms with Crippen LogP contribution in [0.4, 0.5) is 4.79 Å². The Kier molecular flexibility index (Phi) is 6.96. The van der Waals surface area contributed by atoms with Crippen LogP contribution in [0.5, 0.6) is 5.88 Å². The molecule has 10 heteroatoms. The highest BCUT2D eigenvalue weighted by Crippen LogP contribution is 2.39. The van der Waals surface area contributed by atoms with Gasteiger partial charge in [0.15, 0.2) is 6.73 Å². The van der Waals surface area contributed by atoms with Gasteiger partial charge < -0.3 is 15.0 Å². The van der Waals surface area contributed by atoms with Gasteiger partial charge in [0.1, 0.15) is 0 Å². The fourth-order valence-electron chi connectivity index (χ4n) is 3.55. The van der Waals surface area contributed by atoms with Crippen LogP contribution in [0, 0.1) is 6.92 Å². The van der Waals surface area contributed by atoms with Gasteiger partial charge in [-0.2, -0.15) is 0 Å². The zero-order valence-corrected chi connectivity index (χ0v) is 19.9. The standard InChI is InChI=1S/C21H21Cl3N4O2S/c1-13-19(17-7-8-18(24)31-17)28(16-6-5-14(22)11-15(16)23)26-20(13)30-12-25-21(29)27-9-3-2-4-10-27/h5-8,11H,2-4,9-10,12H2,1H3,(H,25,29). The summed E-state index contributed by atoms with van der Waals surface area (Å²) in [5.41, 5.74) is 2.30. The van der Waals surface area contributed by atoms with Gasteiger partial charge in [-0.1, -0.05) is 34.8 Å². The molecule has 164 valence electrons. The number of amides is 2. The average Bonchev–Trinajstić information content (AvgIpc) is 3.31. The van der Waals surface area contributed by atoms with Crippen molar-refractivity contribution in [2.24, 2.45) is 0 Å². The zero-order valence-electron chi connectivity index (χ0n) is 16.8. The summed E-state index contributed by atoms with van der Waals surface area (Å²) in [6, 6.07) is 8.87. The molecule has 0 atom stereocenters. The number of benzene rings is 1. The molecule has 0 bridgehead atoms. The molecule has 1 fully saturated rings. The van der Waals surface area contributed by atoms with Crippen LogP contribution in [0.25, 0.3) is 16.3 Å². The second-order valence-electron chi connectivity index (χ2n) is 7.21. The van der Waals surface area contributed by atoms with E-state index in [2.05, 4.69) is 10.4 Å². The first-order valence-electron chi connectivity index (χ1n) is 9.90. The highest BCUT2D eigenvalue weighted by molar-refractivity contribution is 7.19. The van der Waals surface area contributed by atoms with Gasteiger partial charge in [-0.25, -0.2) is 9.48 Å². The Balaban J connectivity index is 1.60. The minimum absolute atomic E-state index is 0.0200. The summed E-state index contributed by atoms with van der Waals surface area (Å²) in [7, 11) is 0. The summed E-state index contributed by atoms with van der Waals surface area (Å²) in [6.45, 7) is 3.49. The molecule has 2 aromatic heterocycles. The summed E-state index contributed by atoms with van der Waals surface area (Å²) in [5, 5.41) is 8.44. The Morgan fingerprint density at radius 2 is 1.94 bits per heavy atom. The van der Waals surface area contributed by atoms with Gasteiger partial charge >= 0.3 is 6.03 Å². The summed E-state index contributed by atoms with van der Waals surface area (Å²) in [6.07, 6.45) is 3.23. The number of likely N-dealkylation sites (tertiary alicyclic amines) is 1. The number of urea groups is 1. The Morgan fingerprint density at radius 3 is 2.61 bits per heavy atom. The van der Waals surface area contributed by atoms with Crippen LogP contribution in [0.3, 0.4) is 0 Å². The fraction of sp³-hybridized carbons (Fsp3) is 0.333. The van der Waals surface area contributed by atoms with E-state index >= 15 is 0 Å². The number of hydrogen-bond acceptors (Lipinski definition) is 4. The molecule has 6 nitrogen and oxygen atoms in total. The van der Waals surface area contributed by atoms with E-state index in [0.717, 1.165) is 42.1 Å². The van der Waals surface area contributed by atoms with Crippen LogP contribution in [0.2, 0.25) is 14.4 Å². The SMILES string of the molecule is Cc1c(OCNC(=O)N2CCCCC2)nn(-c2ccc(Cl)cc2Cl)c1-c1ccc(Cl)s1. The molecular formula is C21H21Cl3N4O2S. The van der Waals surface area contributed by atoms with Crippen LogP contribution >= 0.6 is 46.1 Å². The maximum absolute atomic E-state index is 12.3. The van der Waals surface area contributed by atoms with Crippen molar-refractivity contribution in [3.05, 3.63) is 50.3 Å². The molecule has 0 spiro atoms. The van der Waals surface area contributed by atoms with Crippen molar-refractivity contribution in [2.45, 2.75) is 26.2 Å². The minimum atomic E-state index is -0.122. The van der Waals surface area contributed by atoms with E-state index in [4.69, 9.17) is 39.5 Å². The molecule has 3 aromatic rings. The van der Waals surface area contributed by atoms with E-state index in [1.807, 2.05) is 24.0 Å². The van der Waals surface area contributed by atoms with Crippen molar-refractivity contribution in [3.63, 3.8) is 0 Å². The van der Waals surface area contributed by atoms with Crippen LogP contribution in [-0.4, -0.2) is 40.5 Å². The number of ether oxygens (including phenoxy) is 1. The summed E-state index contributed by atoms with van der Waals surface area (Å²) >= 11 is 20.1. The number of thiophene rings is 1. The van der Waals surface area contributed by atoms with Crippen molar-refractivity contribution < 1.29 is 9.53 Å². The predicted molar refractivity (Wildman–Crippen MR) is 126 cm³/mol. The first-order chi connectivity index (χ1) is 14.9. The van der Waals surface area contributed by atoms with Gasteiger partial charge in [0, 0.05) is 23.7 Å². The summed E-state index contributed by atoms with van der Waals surface area (Å²) < 4.78 is 8.23. The molecule has 0 radical (unpaired) electrons. The first-order valence-corrected chi connectivity index (χ1v) is 11.9. The van der Waals surface area contributed by atoms with E-state index in [-0.39, 0.29) is 12.8 Å². The average molecular weight is 500 g/mol. The second-order valence-corrected chi connectivity index (χ2v) is 9.77. The van der Waals surface area contributed by atoms with E-state index in [9.17, 15) is 4.79 Å². The zero-order chi connectivity index (χ0) is 22.0. The number of carbonyl (C=O) groups is 1. The Morgan fingerprint density at radius 1 is 1.16 bits per heavy atom. The van der Waals surface area contributed by atoms with E-state index < -0.39 is 0 Å². The monoisotopic (exact) mass is 498 g/mol. The number of hydrogen-bond donors (Lipinski definition) is 1. The molecule has 31 heavy (non-hydrogen) atoms. The topological polar surface area (TPSA) is 59.4 Å². The summed E-state index contributed by atoms with van der Waals surface area (Å²) in [5.74, 6) is 0.407. The highest BCUT2D eigenvalue weighted by atomic mass is 35.5. The van der Waals surface area contributed by atoms with E-state index in [1.165, 1.54) is 17.8 Å². The minimum Gasteiger partial charge on any atom is -0.455 e. The van der Waals surface area contributed by atoms with Gasteiger partial charge in [0.2, 0.25) is 5.88 Å². The number of nitrogens with zero attached hydrogens (tertiary/aromatic N) is 3. The van der Waals surface area contributed by atoms with Crippen molar-refractivity contribution in [2.75, 3.05) is 19.8 Å².